The third kappa shape index (κ3) is 4.97. The van der Waals surface area contributed by atoms with E-state index in [4.69, 9.17) is 14.2 Å². The molecule has 0 atom stereocenters. The molecule has 31 heavy (non-hydrogen) atoms. The average molecular weight is 424 g/mol. The van der Waals surface area contributed by atoms with Crippen LogP contribution >= 0.6 is 0 Å². The van der Waals surface area contributed by atoms with Crippen LogP contribution in [0, 0.1) is 0 Å². The second-order valence-corrected chi connectivity index (χ2v) is 8.59. The first-order valence-electron chi connectivity index (χ1n) is 11.5. The van der Waals surface area contributed by atoms with Crippen molar-refractivity contribution in [3.63, 3.8) is 0 Å². The molecule has 4 rings (SSSR count). The summed E-state index contributed by atoms with van der Waals surface area (Å²) in [6, 6.07) is 13.8. The van der Waals surface area contributed by atoms with Crippen LogP contribution in [0.3, 0.4) is 0 Å². The number of hydrogen-bond acceptors (Lipinski definition) is 4. The molecule has 0 aromatic heterocycles. The average Bonchev–Trinajstić information content (AvgIpc) is 3.34. The van der Waals surface area contributed by atoms with Crippen LogP contribution in [-0.4, -0.2) is 37.1 Å². The Bertz CT molecular complexity index is 867. The molecule has 0 N–H and O–H groups in total. The lowest BCUT2D eigenvalue weighted by molar-refractivity contribution is 0.0518. The topological polar surface area (TPSA) is 48.0 Å². The summed E-state index contributed by atoms with van der Waals surface area (Å²) < 4.78 is 16.6. The van der Waals surface area contributed by atoms with Gasteiger partial charge in [-0.15, -0.1) is 0 Å². The Morgan fingerprint density at radius 1 is 0.742 bits per heavy atom. The minimum Gasteiger partial charge on any atom is -0.493 e. The number of amides is 1. The van der Waals surface area contributed by atoms with E-state index in [9.17, 15) is 4.79 Å². The van der Waals surface area contributed by atoms with E-state index in [1.54, 1.807) is 20.3 Å². The number of hydrogen-bond donors (Lipinski definition) is 0. The highest BCUT2D eigenvalue weighted by Gasteiger charge is 2.33. The van der Waals surface area contributed by atoms with Gasteiger partial charge in [-0.2, -0.15) is 0 Å². The van der Waals surface area contributed by atoms with Crippen LogP contribution in [-0.2, 0) is 0 Å². The summed E-state index contributed by atoms with van der Waals surface area (Å²) in [5.41, 5.74) is 0.747. The molecule has 2 aromatic rings. The van der Waals surface area contributed by atoms with Crippen LogP contribution in [0.4, 0.5) is 0 Å². The number of methoxy groups -OCH3 is 2. The van der Waals surface area contributed by atoms with E-state index in [2.05, 4.69) is 4.90 Å². The molecule has 0 spiro atoms. The molecule has 2 aliphatic carbocycles. The molecule has 0 saturated heterocycles. The van der Waals surface area contributed by atoms with Crippen molar-refractivity contribution in [3.05, 3.63) is 48.0 Å². The van der Waals surface area contributed by atoms with Crippen LogP contribution in [0.15, 0.2) is 42.5 Å². The molecule has 0 unspecified atom stereocenters. The molecule has 2 aliphatic rings. The minimum atomic E-state index is 0.177. The van der Waals surface area contributed by atoms with Gasteiger partial charge in [0.2, 0.25) is 0 Å². The predicted octanol–water partition coefficient (Wildman–Crippen LogP) is 6.21. The van der Waals surface area contributed by atoms with Crippen molar-refractivity contribution in [2.45, 2.75) is 69.9 Å². The molecule has 5 heteroatoms. The molecule has 2 fully saturated rings. The quantitative estimate of drug-likeness (QED) is 0.531. The summed E-state index contributed by atoms with van der Waals surface area (Å²) in [5.74, 6) is 2.80. The molecular weight excluding hydrogens is 390 g/mol. The molecule has 0 bridgehead atoms. The van der Waals surface area contributed by atoms with Crippen molar-refractivity contribution in [2.24, 2.45) is 0 Å². The molecule has 5 nitrogen and oxygen atoms in total. The molecule has 166 valence electrons. The SMILES string of the molecule is COc1ccc(Oc2ccc(C(=O)N(C3CCCCC3)C3CCCC3)cc2)cc1OC. The highest BCUT2D eigenvalue weighted by molar-refractivity contribution is 5.94. The van der Waals surface area contributed by atoms with Crippen molar-refractivity contribution in [1.29, 1.82) is 0 Å². The fourth-order valence-corrected chi connectivity index (χ4v) is 5.00. The maximum atomic E-state index is 13.5. The zero-order chi connectivity index (χ0) is 21.6. The maximum Gasteiger partial charge on any atom is 0.254 e. The lowest BCUT2D eigenvalue weighted by atomic mass is 9.92. The third-order valence-corrected chi connectivity index (χ3v) is 6.61. The normalized spacial score (nSPS) is 17.4. The summed E-state index contributed by atoms with van der Waals surface area (Å²) in [4.78, 5) is 15.7. The molecule has 0 heterocycles. The number of nitrogens with zero attached hydrogens (tertiary/aromatic N) is 1. The molecule has 1 amide bonds. The summed E-state index contributed by atoms with van der Waals surface area (Å²) in [7, 11) is 3.21. The van der Waals surface area contributed by atoms with Crippen LogP contribution in [0.25, 0.3) is 0 Å². The van der Waals surface area contributed by atoms with Gasteiger partial charge >= 0.3 is 0 Å². The van der Waals surface area contributed by atoms with Gasteiger partial charge in [0.1, 0.15) is 11.5 Å². The predicted molar refractivity (Wildman–Crippen MR) is 121 cm³/mol. The van der Waals surface area contributed by atoms with Gasteiger partial charge in [-0.25, -0.2) is 0 Å². The van der Waals surface area contributed by atoms with Crippen LogP contribution in [0.1, 0.15) is 68.1 Å². The van der Waals surface area contributed by atoms with Crippen molar-refractivity contribution >= 4 is 5.91 Å². The highest BCUT2D eigenvalue weighted by atomic mass is 16.5. The standard InChI is InChI=1S/C26H33NO4/c1-29-24-17-16-23(18-25(24)30-2)31-22-14-12-19(13-15-22)26(28)27(21-10-6-7-11-21)20-8-4-3-5-9-20/h12-18,20-21H,3-11H2,1-2H3. The van der Waals surface area contributed by atoms with E-state index in [0.717, 1.165) is 31.2 Å². The van der Waals surface area contributed by atoms with Crippen molar-refractivity contribution in [1.82, 2.24) is 4.90 Å². The van der Waals surface area contributed by atoms with Crippen LogP contribution in [0.5, 0.6) is 23.0 Å². The Morgan fingerprint density at radius 2 is 1.29 bits per heavy atom. The Balaban J connectivity index is 1.48. The maximum absolute atomic E-state index is 13.5. The second kappa shape index (κ2) is 10.1. The van der Waals surface area contributed by atoms with E-state index < -0.39 is 0 Å². The van der Waals surface area contributed by atoms with Crippen molar-refractivity contribution in [2.75, 3.05) is 14.2 Å². The van der Waals surface area contributed by atoms with Gasteiger partial charge in [-0.05, 0) is 62.1 Å². The van der Waals surface area contributed by atoms with E-state index in [-0.39, 0.29) is 5.91 Å². The van der Waals surface area contributed by atoms with Gasteiger partial charge in [-0.3, -0.25) is 4.79 Å². The Hall–Kier alpha value is -2.69. The number of ether oxygens (including phenoxy) is 3. The first kappa shape index (κ1) is 21.5. The lowest BCUT2D eigenvalue weighted by Gasteiger charge is -2.39. The summed E-state index contributed by atoms with van der Waals surface area (Å²) in [6.07, 6.45) is 10.8. The fraction of sp³-hybridized carbons (Fsp3) is 0.500. The van der Waals surface area contributed by atoms with Gasteiger partial charge in [0.15, 0.2) is 11.5 Å². The first-order chi connectivity index (χ1) is 15.2. The summed E-state index contributed by atoms with van der Waals surface area (Å²) >= 11 is 0. The number of benzene rings is 2. The molecule has 2 aromatic carbocycles. The summed E-state index contributed by atoms with van der Waals surface area (Å²) in [6.45, 7) is 0. The molecule has 0 radical (unpaired) electrons. The molecule has 0 aliphatic heterocycles. The Morgan fingerprint density at radius 3 is 1.87 bits per heavy atom. The number of carbonyl (C=O) groups excluding carboxylic acids is 1. The van der Waals surface area contributed by atoms with E-state index in [1.165, 1.54) is 32.1 Å². The largest absolute Gasteiger partial charge is 0.493 e. The molecule has 2 saturated carbocycles. The zero-order valence-corrected chi connectivity index (χ0v) is 18.6. The lowest BCUT2D eigenvalue weighted by Crippen LogP contribution is -2.47. The zero-order valence-electron chi connectivity index (χ0n) is 18.6. The highest BCUT2D eigenvalue weighted by Crippen LogP contribution is 2.34. The number of carbonyl (C=O) groups is 1. The van der Waals surface area contributed by atoms with Gasteiger partial charge < -0.3 is 19.1 Å². The Kier molecular flexibility index (Phi) is 7.00. The Labute approximate surface area is 185 Å². The van der Waals surface area contributed by atoms with Crippen LogP contribution in [0.2, 0.25) is 0 Å². The van der Waals surface area contributed by atoms with E-state index in [1.807, 2.05) is 36.4 Å². The van der Waals surface area contributed by atoms with Gasteiger partial charge in [0.05, 0.1) is 14.2 Å². The first-order valence-corrected chi connectivity index (χ1v) is 11.5. The van der Waals surface area contributed by atoms with Gasteiger partial charge in [-0.1, -0.05) is 32.1 Å². The van der Waals surface area contributed by atoms with E-state index >= 15 is 0 Å². The minimum absolute atomic E-state index is 0.177. The number of rotatable bonds is 7. The molecular formula is C26H33NO4. The smallest absolute Gasteiger partial charge is 0.254 e. The van der Waals surface area contributed by atoms with Crippen molar-refractivity contribution < 1.29 is 19.0 Å². The van der Waals surface area contributed by atoms with Crippen LogP contribution < -0.4 is 14.2 Å². The summed E-state index contributed by atoms with van der Waals surface area (Å²) in [5, 5.41) is 0. The van der Waals surface area contributed by atoms with Crippen molar-refractivity contribution in [3.8, 4) is 23.0 Å². The second-order valence-electron chi connectivity index (χ2n) is 8.59. The van der Waals surface area contributed by atoms with Gasteiger partial charge in [0, 0.05) is 23.7 Å². The van der Waals surface area contributed by atoms with Gasteiger partial charge in [0.25, 0.3) is 5.91 Å². The fourth-order valence-electron chi connectivity index (χ4n) is 5.00. The van der Waals surface area contributed by atoms with E-state index in [0.29, 0.717) is 35.1 Å². The monoisotopic (exact) mass is 423 g/mol. The third-order valence-electron chi connectivity index (χ3n) is 6.61.